The number of anilines is 5. The fourth-order valence-corrected chi connectivity index (χ4v) is 18.4. The normalized spacial score (nSPS) is 11.1. The first-order valence-corrected chi connectivity index (χ1v) is 49.3. The molecule has 0 aliphatic rings. The predicted octanol–water partition coefficient (Wildman–Crippen LogP) is 29.2. The van der Waals surface area contributed by atoms with Crippen molar-refractivity contribution >= 4 is 187 Å². The lowest BCUT2D eigenvalue weighted by Crippen LogP contribution is -2.40. The first kappa shape index (κ1) is 83.8. The van der Waals surface area contributed by atoms with E-state index in [1.807, 2.05) is 115 Å². The number of hydrogen-bond donors (Lipinski definition) is 3. The second-order valence-electron chi connectivity index (χ2n) is 31.0. The van der Waals surface area contributed by atoms with E-state index in [1.165, 1.54) is 102 Å². The Morgan fingerprint density at radius 1 is 0.286 bits per heavy atom. The summed E-state index contributed by atoms with van der Waals surface area (Å²) in [4.78, 5) is 12.1. The number of aromatic nitrogens is 2. The number of halogens is 3. The molecule has 12 heteroatoms. The summed E-state index contributed by atoms with van der Waals surface area (Å²) < 4.78 is 3.50. The van der Waals surface area contributed by atoms with Gasteiger partial charge in [-0.05, 0) is 245 Å². The summed E-state index contributed by atoms with van der Waals surface area (Å²) in [6.07, 6.45) is 0. The number of nitrogens with zero attached hydrogens (tertiary/aromatic N) is 3. The van der Waals surface area contributed by atoms with Gasteiger partial charge in [0.2, 0.25) is 0 Å². The number of hydrogen-bond acceptors (Lipinski definition) is 6. The standard InChI is InChI=1S/C40H34N2Si.C26H17Br.C20H15BO2.C14H18N2Si.C6H4BrI.CH4/c1-43(2,3)38-24-14-23-37(41-38)42(31-17-8-5-9-18-31)32-27-25-30(26-28-32)40-35-21-12-10-19-33(35)39(29-15-6-4-7-16-29)34-20-11-13-22-36(34)40;27-20-16-14-19(15-17-20)26-23-12-6-4-10-21(23)25(18-8-2-1-3-9-18)22-11-5-7-13-24(22)26;22-21(23)20-17-12-6-4-10-15(17)19(14-8-2-1-3-9-14)16-11-5-7-13-18(16)20;1-17(2,3)14-11-7-10-13(16-14)15-12-8-5-4-6-9-12;7-5-1-3-6(8)4-2-5;/h4-28H,1-3H3;1-17H;1-13,22-23H;4-11H,1-3H3,(H,15,16);1-4H;1H4. The molecule has 0 fully saturated rings. The van der Waals surface area contributed by atoms with Crippen molar-refractivity contribution in [1.82, 2.24) is 9.97 Å². The third-order valence-electron chi connectivity index (χ3n) is 20.9. The molecule has 0 atom stereocenters. The summed E-state index contributed by atoms with van der Waals surface area (Å²) in [5, 5.41) is 39.7. The highest BCUT2D eigenvalue weighted by Gasteiger charge is 2.26. The highest BCUT2D eigenvalue weighted by atomic mass is 127. The Kier molecular flexibility index (Phi) is 27.0. The molecular weight excluding hydrogens is 1730 g/mol. The Labute approximate surface area is 732 Å². The summed E-state index contributed by atoms with van der Waals surface area (Å²) in [7, 11) is -4.42. The van der Waals surface area contributed by atoms with Crippen LogP contribution in [0.1, 0.15) is 7.43 Å². The van der Waals surface area contributed by atoms with Crippen molar-refractivity contribution in [2.75, 3.05) is 10.2 Å². The van der Waals surface area contributed by atoms with E-state index in [4.69, 9.17) is 4.98 Å². The molecule has 2 aromatic heterocycles. The Morgan fingerprint density at radius 2 is 0.555 bits per heavy atom. The number of rotatable bonds is 13. The fourth-order valence-electron chi connectivity index (χ4n) is 15.4. The quantitative estimate of drug-likeness (QED) is 0.0606. The molecule has 2 heterocycles. The topological polar surface area (TPSA) is 81.5 Å². The van der Waals surface area contributed by atoms with E-state index in [0.717, 1.165) is 70.3 Å². The lowest BCUT2D eigenvalue weighted by Gasteiger charge is -2.26. The van der Waals surface area contributed by atoms with Crippen LogP contribution < -0.4 is 26.3 Å². The monoisotopic (exact) mass is 1820 g/mol. The number of nitrogens with one attached hydrogen (secondary N) is 1. The van der Waals surface area contributed by atoms with Gasteiger partial charge in [-0.2, -0.15) is 0 Å². The second-order valence-corrected chi connectivity index (χ2v) is 44.1. The average molecular weight is 1820 g/mol. The minimum atomic E-state index is -1.58. The second kappa shape index (κ2) is 38.4. The van der Waals surface area contributed by atoms with Gasteiger partial charge in [-0.1, -0.05) is 388 Å². The van der Waals surface area contributed by atoms with Gasteiger partial charge in [-0.3, -0.25) is 4.90 Å². The van der Waals surface area contributed by atoms with Gasteiger partial charge in [0.25, 0.3) is 0 Å². The van der Waals surface area contributed by atoms with Gasteiger partial charge in [0.1, 0.15) is 27.8 Å². The first-order valence-electron chi connectivity index (χ1n) is 39.7. The molecule has 0 saturated heterocycles. The van der Waals surface area contributed by atoms with Gasteiger partial charge in [-0.25, -0.2) is 9.97 Å². The number of benzene rings is 17. The molecule has 19 aromatic rings. The van der Waals surface area contributed by atoms with Gasteiger partial charge in [0.05, 0.1) is 0 Å². The number of para-hydroxylation sites is 2. The lowest BCUT2D eigenvalue weighted by atomic mass is 9.72. The molecule has 3 N–H and O–H groups in total. The van der Waals surface area contributed by atoms with E-state index in [2.05, 4.69) is 400 Å². The van der Waals surface area contributed by atoms with E-state index in [9.17, 15) is 10.0 Å². The molecule has 119 heavy (non-hydrogen) atoms. The van der Waals surface area contributed by atoms with Crippen LogP contribution in [0.15, 0.2) is 415 Å². The fraction of sp³-hybridized carbons (Fsp3) is 0.0654. The molecule has 0 saturated carbocycles. The van der Waals surface area contributed by atoms with Crippen LogP contribution in [-0.2, 0) is 0 Å². The average Bonchev–Trinajstić information content (AvgIpc) is 0.744. The lowest BCUT2D eigenvalue weighted by molar-refractivity contribution is 0.426. The summed E-state index contributed by atoms with van der Waals surface area (Å²) in [5.41, 5.74) is 16.2. The van der Waals surface area contributed by atoms with Crippen LogP contribution in [0.5, 0.6) is 0 Å². The molecule has 0 bridgehead atoms. The van der Waals surface area contributed by atoms with E-state index in [-0.39, 0.29) is 7.43 Å². The van der Waals surface area contributed by atoms with Crippen LogP contribution in [0.4, 0.5) is 28.7 Å². The zero-order valence-electron chi connectivity index (χ0n) is 66.6. The highest BCUT2D eigenvalue weighted by molar-refractivity contribution is 14.1. The van der Waals surface area contributed by atoms with Crippen molar-refractivity contribution in [3.63, 3.8) is 0 Å². The van der Waals surface area contributed by atoms with Crippen LogP contribution in [0, 0.1) is 3.57 Å². The zero-order valence-corrected chi connectivity index (χ0v) is 74.0. The minimum Gasteiger partial charge on any atom is -0.423 e. The maximum absolute atomic E-state index is 9.94. The van der Waals surface area contributed by atoms with Crippen molar-refractivity contribution in [3.8, 4) is 55.6 Å². The van der Waals surface area contributed by atoms with Crippen LogP contribution in [0.3, 0.4) is 0 Å². The van der Waals surface area contributed by atoms with Crippen molar-refractivity contribution in [2.45, 2.75) is 46.7 Å². The van der Waals surface area contributed by atoms with E-state index < -0.39 is 23.3 Å². The van der Waals surface area contributed by atoms with Crippen LogP contribution in [-0.4, -0.2) is 43.3 Å². The van der Waals surface area contributed by atoms with Crippen LogP contribution >= 0.6 is 54.5 Å². The molecule has 0 aliphatic carbocycles. The summed E-state index contributed by atoms with van der Waals surface area (Å²) in [5.74, 6) is 1.87. The maximum atomic E-state index is 9.94. The maximum Gasteiger partial charge on any atom is 0.489 e. The van der Waals surface area contributed by atoms with Gasteiger partial charge >= 0.3 is 7.12 Å². The molecule has 0 aliphatic heterocycles. The van der Waals surface area contributed by atoms with Crippen molar-refractivity contribution < 1.29 is 10.0 Å². The molecule has 0 amide bonds. The Morgan fingerprint density at radius 3 is 0.891 bits per heavy atom. The summed E-state index contributed by atoms with van der Waals surface area (Å²) in [6.45, 7) is 14.0. The molecule has 6 nitrogen and oxygen atoms in total. The molecule has 19 rings (SSSR count). The Balaban J connectivity index is 0.000000132. The number of fused-ring (bicyclic) bond motifs is 6. The number of pyridine rings is 2. The van der Waals surface area contributed by atoms with Crippen LogP contribution in [0.2, 0.25) is 39.3 Å². The first-order chi connectivity index (χ1) is 57.4. The predicted molar refractivity (Wildman–Crippen MR) is 535 cm³/mol. The van der Waals surface area contributed by atoms with Crippen molar-refractivity contribution in [1.29, 1.82) is 0 Å². The van der Waals surface area contributed by atoms with Gasteiger partial charge in [-0.15, -0.1) is 0 Å². The highest BCUT2D eigenvalue weighted by Crippen LogP contribution is 2.47. The minimum absolute atomic E-state index is 0. The van der Waals surface area contributed by atoms with E-state index in [0.29, 0.717) is 5.46 Å². The molecule has 0 spiro atoms. The largest absolute Gasteiger partial charge is 0.489 e. The molecular formula is C107H92BBr2IN4O2Si2. The molecule has 0 radical (unpaired) electrons. The van der Waals surface area contributed by atoms with Gasteiger partial charge in [0, 0.05) is 40.2 Å². The summed E-state index contributed by atoms with van der Waals surface area (Å²) >= 11 is 9.18. The SMILES string of the molecule is Brc1ccc(-c2c3ccccc3c(-c3ccccc3)c3ccccc23)cc1.Brc1ccc(I)cc1.C.C[Si](C)(C)c1cccc(N(c2ccccc2)c2ccc(-c3c4ccccc4c(-c4ccccc4)c4ccccc34)cc2)n1.C[Si](C)(C)c1cccc(Nc2ccccc2)n1.OB(O)c1c2ccccc2c(-c2ccccc2)c2ccccc12. The zero-order chi connectivity index (χ0) is 81.7. The van der Waals surface area contributed by atoms with Crippen molar-refractivity contribution in [2.24, 2.45) is 0 Å². The summed E-state index contributed by atoms with van der Waals surface area (Å²) in [6, 6.07) is 142. The Bertz CT molecular complexity index is 6470. The van der Waals surface area contributed by atoms with Gasteiger partial charge < -0.3 is 15.4 Å². The molecule has 584 valence electrons. The van der Waals surface area contributed by atoms with Crippen molar-refractivity contribution in [3.05, 3.63) is 419 Å². The Hall–Kier alpha value is -11.7. The third kappa shape index (κ3) is 19.4. The molecule has 17 aromatic carbocycles. The van der Waals surface area contributed by atoms with E-state index in [1.54, 1.807) is 0 Å². The van der Waals surface area contributed by atoms with Crippen LogP contribution in [0.25, 0.3) is 120 Å². The van der Waals surface area contributed by atoms with Gasteiger partial charge in [0.15, 0.2) is 0 Å². The molecule has 0 unspecified atom stereocenters. The van der Waals surface area contributed by atoms with E-state index >= 15 is 0 Å². The smallest absolute Gasteiger partial charge is 0.423 e. The third-order valence-corrected chi connectivity index (χ3v) is 26.3.